The van der Waals surface area contributed by atoms with E-state index < -0.39 is 0 Å². The first kappa shape index (κ1) is 12.5. The monoisotopic (exact) mass is 263 g/mol. The van der Waals surface area contributed by atoms with E-state index in [1.807, 2.05) is 0 Å². The molecule has 0 bridgehead atoms. The fraction of sp³-hybridized carbons (Fsp3) is 0.714. The molecule has 0 aromatic heterocycles. The molecule has 0 spiro atoms. The molecule has 3 unspecified atom stereocenters. The average Bonchev–Trinajstić information content (AvgIpc) is 2.93. The van der Waals surface area contributed by atoms with Crippen LogP contribution >= 0.6 is 0 Å². The number of likely N-dealkylation sites (tertiary alicyclic amines) is 2. The van der Waals surface area contributed by atoms with Crippen LogP contribution in [0, 0.1) is 11.8 Å². The lowest BCUT2D eigenvalue weighted by Gasteiger charge is -2.34. The first-order valence-electron chi connectivity index (χ1n) is 7.10. The number of primary amides is 1. The van der Waals surface area contributed by atoms with Crippen molar-refractivity contribution in [1.29, 1.82) is 0 Å². The van der Waals surface area contributed by atoms with Crippen LogP contribution in [0.1, 0.15) is 26.2 Å². The molecule has 3 aliphatic rings. The maximum atomic E-state index is 11.4. The molecule has 2 amide bonds. The van der Waals surface area contributed by atoms with Crippen LogP contribution in [-0.2, 0) is 4.79 Å². The van der Waals surface area contributed by atoms with Gasteiger partial charge in [0.2, 0.25) is 0 Å². The van der Waals surface area contributed by atoms with Crippen LogP contribution in [0.25, 0.3) is 0 Å². The van der Waals surface area contributed by atoms with Gasteiger partial charge in [0.1, 0.15) is 0 Å². The minimum absolute atomic E-state index is 0.246. The predicted molar refractivity (Wildman–Crippen MR) is 71.2 cm³/mol. The number of nitrogens with zero attached hydrogens (tertiary/aromatic N) is 2. The molecule has 2 aliphatic heterocycles. The average molecular weight is 263 g/mol. The Morgan fingerprint density at radius 1 is 1.37 bits per heavy atom. The summed E-state index contributed by atoms with van der Waals surface area (Å²) < 4.78 is 0. The molecule has 0 aromatic carbocycles. The van der Waals surface area contributed by atoms with Crippen molar-refractivity contribution in [1.82, 2.24) is 9.80 Å². The van der Waals surface area contributed by atoms with Gasteiger partial charge in [-0.15, -0.1) is 0 Å². The first-order chi connectivity index (χ1) is 9.06. The van der Waals surface area contributed by atoms with Gasteiger partial charge in [-0.2, -0.15) is 0 Å². The highest BCUT2D eigenvalue weighted by molar-refractivity contribution is 5.92. The number of nitrogens with two attached hydrogens (primary N) is 1. The maximum absolute atomic E-state index is 11.4. The number of urea groups is 1. The Bertz CT molecular complexity index is 446. The predicted octanol–water partition coefficient (Wildman–Crippen LogP) is 0.954. The fourth-order valence-corrected chi connectivity index (χ4v) is 3.92. The number of hydrogen-bond acceptors (Lipinski definition) is 3. The van der Waals surface area contributed by atoms with Crippen LogP contribution in [-0.4, -0.2) is 47.3 Å². The molecule has 0 aromatic rings. The molecular weight excluding hydrogens is 242 g/mol. The van der Waals surface area contributed by atoms with E-state index in [0.717, 1.165) is 32.5 Å². The quantitative estimate of drug-likeness (QED) is 0.766. The Morgan fingerprint density at radius 2 is 2.16 bits per heavy atom. The number of fused-ring (bicyclic) bond motifs is 1. The third-order valence-electron chi connectivity index (χ3n) is 4.97. The highest BCUT2D eigenvalue weighted by Gasteiger charge is 2.43. The number of allylic oxidation sites excluding steroid dienone is 2. The number of hydrogen-bond donors (Lipinski definition) is 1. The Kier molecular flexibility index (Phi) is 2.99. The normalized spacial score (nSPS) is 34.5. The van der Waals surface area contributed by atoms with Crippen molar-refractivity contribution in [2.45, 2.75) is 32.2 Å². The zero-order valence-corrected chi connectivity index (χ0v) is 11.3. The Labute approximate surface area is 113 Å². The van der Waals surface area contributed by atoms with E-state index in [1.54, 1.807) is 11.0 Å². The molecule has 1 aliphatic carbocycles. The van der Waals surface area contributed by atoms with Gasteiger partial charge in [-0.25, -0.2) is 4.79 Å². The standard InChI is InChI=1S/C14H21N3O2/c1-9-13-4-5-16(14(15)19)7-10(13)8-17(9)11-2-3-12(18)6-11/h6,9-10,13H,2-5,7-8H2,1H3,(H2,15,19). The fourth-order valence-electron chi connectivity index (χ4n) is 3.92. The lowest BCUT2D eigenvalue weighted by molar-refractivity contribution is -0.114. The van der Waals surface area contributed by atoms with E-state index in [2.05, 4.69) is 11.8 Å². The maximum Gasteiger partial charge on any atom is 0.314 e. The van der Waals surface area contributed by atoms with Crippen molar-refractivity contribution in [2.24, 2.45) is 17.6 Å². The highest BCUT2D eigenvalue weighted by Crippen LogP contribution is 2.39. The second-order valence-corrected chi connectivity index (χ2v) is 5.99. The summed E-state index contributed by atoms with van der Waals surface area (Å²) in [5.74, 6) is 1.36. The largest absolute Gasteiger partial charge is 0.371 e. The molecule has 5 heteroatoms. The number of piperidine rings is 1. The van der Waals surface area contributed by atoms with Crippen molar-refractivity contribution >= 4 is 11.8 Å². The third-order valence-corrected chi connectivity index (χ3v) is 4.97. The smallest absolute Gasteiger partial charge is 0.314 e. The van der Waals surface area contributed by atoms with Gasteiger partial charge in [-0.1, -0.05) is 0 Å². The zero-order chi connectivity index (χ0) is 13.6. The van der Waals surface area contributed by atoms with Crippen molar-refractivity contribution in [3.8, 4) is 0 Å². The van der Waals surface area contributed by atoms with Gasteiger partial charge < -0.3 is 15.5 Å². The molecule has 0 saturated carbocycles. The van der Waals surface area contributed by atoms with Crippen molar-refractivity contribution < 1.29 is 9.59 Å². The first-order valence-corrected chi connectivity index (χ1v) is 7.10. The van der Waals surface area contributed by atoms with Crippen LogP contribution in [0.5, 0.6) is 0 Å². The second-order valence-electron chi connectivity index (χ2n) is 5.99. The molecule has 104 valence electrons. The SMILES string of the molecule is CC1C2CCN(C(N)=O)CC2CN1C1=CC(=O)CC1. The number of amides is 2. The van der Waals surface area contributed by atoms with Gasteiger partial charge in [-0.3, -0.25) is 4.79 Å². The molecular formula is C14H21N3O2. The Hall–Kier alpha value is -1.52. The molecule has 2 N–H and O–H groups in total. The third kappa shape index (κ3) is 2.11. The zero-order valence-electron chi connectivity index (χ0n) is 11.3. The summed E-state index contributed by atoms with van der Waals surface area (Å²) in [5, 5.41) is 0. The summed E-state index contributed by atoms with van der Waals surface area (Å²) in [5.41, 5.74) is 6.57. The van der Waals surface area contributed by atoms with E-state index in [1.165, 1.54) is 5.70 Å². The van der Waals surface area contributed by atoms with Gasteiger partial charge in [-0.05, 0) is 31.6 Å². The summed E-state index contributed by atoms with van der Waals surface area (Å²) >= 11 is 0. The van der Waals surface area contributed by atoms with Gasteiger partial charge >= 0.3 is 6.03 Å². The molecule has 3 rings (SSSR count). The topological polar surface area (TPSA) is 66.6 Å². The van der Waals surface area contributed by atoms with Crippen LogP contribution in [0.4, 0.5) is 4.79 Å². The summed E-state index contributed by atoms with van der Waals surface area (Å²) in [6.45, 7) is 4.73. The Morgan fingerprint density at radius 3 is 2.79 bits per heavy atom. The van der Waals surface area contributed by atoms with E-state index in [9.17, 15) is 9.59 Å². The highest BCUT2D eigenvalue weighted by atomic mass is 16.2. The summed E-state index contributed by atoms with van der Waals surface area (Å²) in [6, 6.07) is 0.164. The lowest BCUT2D eigenvalue weighted by atomic mass is 9.85. The molecule has 2 heterocycles. The molecule has 2 fully saturated rings. The summed E-state index contributed by atoms with van der Waals surface area (Å²) in [4.78, 5) is 26.8. The summed E-state index contributed by atoms with van der Waals surface area (Å²) in [7, 11) is 0. The lowest BCUT2D eigenvalue weighted by Crippen LogP contribution is -2.46. The number of carbonyl (C=O) groups is 2. The molecule has 5 nitrogen and oxygen atoms in total. The van der Waals surface area contributed by atoms with E-state index in [4.69, 9.17) is 5.73 Å². The van der Waals surface area contributed by atoms with Crippen LogP contribution in [0.3, 0.4) is 0 Å². The minimum atomic E-state index is -0.306. The minimum Gasteiger partial charge on any atom is -0.371 e. The number of rotatable bonds is 1. The Balaban J connectivity index is 1.73. The van der Waals surface area contributed by atoms with Crippen LogP contribution in [0.15, 0.2) is 11.8 Å². The van der Waals surface area contributed by atoms with Crippen molar-refractivity contribution in [2.75, 3.05) is 19.6 Å². The van der Waals surface area contributed by atoms with Crippen molar-refractivity contribution in [3.63, 3.8) is 0 Å². The van der Waals surface area contributed by atoms with Gasteiger partial charge in [0.05, 0.1) is 0 Å². The van der Waals surface area contributed by atoms with E-state index >= 15 is 0 Å². The van der Waals surface area contributed by atoms with Crippen LogP contribution < -0.4 is 5.73 Å². The molecule has 2 saturated heterocycles. The van der Waals surface area contributed by atoms with Gasteiger partial charge in [0.15, 0.2) is 5.78 Å². The molecule has 3 atom stereocenters. The van der Waals surface area contributed by atoms with Crippen LogP contribution in [0.2, 0.25) is 0 Å². The summed E-state index contributed by atoms with van der Waals surface area (Å²) in [6.07, 6.45) is 4.36. The van der Waals surface area contributed by atoms with Gasteiger partial charge in [0, 0.05) is 43.9 Å². The number of carbonyl (C=O) groups excluding carboxylic acids is 2. The van der Waals surface area contributed by atoms with E-state index in [-0.39, 0.29) is 11.8 Å². The number of ketones is 1. The molecule has 0 radical (unpaired) electrons. The molecule has 19 heavy (non-hydrogen) atoms. The van der Waals surface area contributed by atoms with E-state index in [0.29, 0.717) is 24.3 Å². The van der Waals surface area contributed by atoms with Crippen molar-refractivity contribution in [3.05, 3.63) is 11.8 Å². The van der Waals surface area contributed by atoms with Gasteiger partial charge in [0.25, 0.3) is 0 Å². The second kappa shape index (κ2) is 4.54.